The molecule has 1 atom stereocenters. The molecule has 6 heteroatoms. The lowest BCUT2D eigenvalue weighted by molar-refractivity contribution is -0.384. The Morgan fingerprint density at radius 1 is 1.21 bits per heavy atom. The van der Waals surface area contributed by atoms with Crippen LogP contribution in [0.4, 0.5) is 5.69 Å². The smallest absolute Gasteiger partial charge is 0.269 e. The Kier molecular flexibility index (Phi) is 4.87. The van der Waals surface area contributed by atoms with Gasteiger partial charge in [0.2, 0.25) is 0 Å². The standard InChI is InChI=1S/C18H19N3O2S/c1-13(18-19-16-5-3-4-6-17(16)24-18)20(2)12-11-14-7-9-15(10-8-14)21(22)23/h3-10,13H,11-12H2,1-2H3/t13-/m1/s1. The number of hydrogen-bond donors (Lipinski definition) is 0. The first-order valence-electron chi connectivity index (χ1n) is 7.83. The molecular formula is C18H19N3O2S. The molecule has 0 aliphatic rings. The molecule has 1 heterocycles. The SMILES string of the molecule is C[C@H](c1nc2ccccc2s1)N(C)CCc1ccc([N+](=O)[O-])cc1. The van der Waals surface area contributed by atoms with Crippen LogP contribution >= 0.6 is 11.3 Å². The highest BCUT2D eigenvalue weighted by Gasteiger charge is 2.16. The summed E-state index contributed by atoms with van der Waals surface area (Å²) in [5.74, 6) is 0. The number of aromatic nitrogens is 1. The predicted octanol–water partition coefficient (Wildman–Crippen LogP) is 4.44. The number of non-ortho nitro benzene ring substituents is 1. The Labute approximate surface area is 144 Å². The van der Waals surface area contributed by atoms with Gasteiger partial charge < -0.3 is 0 Å². The first-order chi connectivity index (χ1) is 11.5. The summed E-state index contributed by atoms with van der Waals surface area (Å²) >= 11 is 1.73. The van der Waals surface area contributed by atoms with E-state index in [0.717, 1.165) is 29.1 Å². The van der Waals surface area contributed by atoms with E-state index in [1.54, 1.807) is 23.5 Å². The van der Waals surface area contributed by atoms with Crippen LogP contribution in [0, 0.1) is 10.1 Å². The summed E-state index contributed by atoms with van der Waals surface area (Å²) in [5, 5.41) is 11.8. The second-order valence-corrected chi connectivity index (χ2v) is 6.91. The molecule has 0 aliphatic heterocycles. The second-order valence-electron chi connectivity index (χ2n) is 5.85. The molecule has 0 amide bonds. The monoisotopic (exact) mass is 341 g/mol. The molecule has 3 aromatic rings. The van der Waals surface area contributed by atoms with E-state index in [9.17, 15) is 10.1 Å². The molecule has 24 heavy (non-hydrogen) atoms. The number of rotatable bonds is 6. The van der Waals surface area contributed by atoms with Gasteiger partial charge in [-0.25, -0.2) is 4.98 Å². The Morgan fingerprint density at radius 3 is 2.58 bits per heavy atom. The van der Waals surface area contributed by atoms with E-state index in [1.807, 2.05) is 30.3 Å². The molecule has 0 bridgehead atoms. The Hall–Kier alpha value is -2.31. The van der Waals surface area contributed by atoms with Gasteiger partial charge in [-0.2, -0.15) is 0 Å². The number of nitro benzene ring substituents is 1. The Bertz CT molecular complexity index is 812. The van der Waals surface area contributed by atoms with E-state index in [-0.39, 0.29) is 16.7 Å². The van der Waals surface area contributed by atoms with Crippen LogP contribution in [-0.2, 0) is 6.42 Å². The number of benzene rings is 2. The van der Waals surface area contributed by atoms with E-state index in [4.69, 9.17) is 4.98 Å². The number of nitrogens with zero attached hydrogens (tertiary/aromatic N) is 3. The lowest BCUT2D eigenvalue weighted by Gasteiger charge is -2.22. The number of likely N-dealkylation sites (N-methyl/N-ethyl adjacent to an activating group) is 1. The summed E-state index contributed by atoms with van der Waals surface area (Å²) in [5.41, 5.74) is 2.28. The molecule has 2 aromatic carbocycles. The second kappa shape index (κ2) is 7.07. The fraction of sp³-hybridized carbons (Fsp3) is 0.278. The van der Waals surface area contributed by atoms with E-state index >= 15 is 0 Å². The minimum Gasteiger partial charge on any atom is -0.297 e. The van der Waals surface area contributed by atoms with E-state index in [0.29, 0.717) is 0 Å². The summed E-state index contributed by atoms with van der Waals surface area (Å²) in [4.78, 5) is 17.3. The molecule has 0 N–H and O–H groups in total. The molecule has 0 saturated carbocycles. The molecule has 0 saturated heterocycles. The highest BCUT2D eigenvalue weighted by atomic mass is 32.1. The average Bonchev–Trinajstić information content (AvgIpc) is 3.03. The maximum absolute atomic E-state index is 10.7. The van der Waals surface area contributed by atoms with Gasteiger partial charge in [-0.15, -0.1) is 11.3 Å². The molecule has 0 radical (unpaired) electrons. The molecule has 0 aliphatic carbocycles. The van der Waals surface area contributed by atoms with Gasteiger partial charge in [0.05, 0.1) is 21.2 Å². The van der Waals surface area contributed by atoms with Crippen molar-refractivity contribution in [1.82, 2.24) is 9.88 Å². The van der Waals surface area contributed by atoms with Crippen LogP contribution in [-0.4, -0.2) is 28.4 Å². The largest absolute Gasteiger partial charge is 0.297 e. The molecule has 0 spiro atoms. The lowest BCUT2D eigenvalue weighted by Crippen LogP contribution is -2.24. The maximum Gasteiger partial charge on any atom is 0.269 e. The van der Waals surface area contributed by atoms with Gasteiger partial charge in [0.25, 0.3) is 5.69 Å². The number of thiazole rings is 1. The van der Waals surface area contributed by atoms with Crippen LogP contribution in [0.5, 0.6) is 0 Å². The van der Waals surface area contributed by atoms with Crippen molar-refractivity contribution < 1.29 is 4.92 Å². The summed E-state index contributed by atoms with van der Waals surface area (Å²) in [6.07, 6.45) is 0.851. The third-order valence-electron chi connectivity index (χ3n) is 4.23. The van der Waals surface area contributed by atoms with E-state index < -0.39 is 0 Å². The van der Waals surface area contributed by atoms with Crippen molar-refractivity contribution >= 4 is 27.2 Å². The first-order valence-corrected chi connectivity index (χ1v) is 8.65. The van der Waals surface area contributed by atoms with Gasteiger partial charge in [0, 0.05) is 18.7 Å². The fourth-order valence-electron chi connectivity index (χ4n) is 2.54. The van der Waals surface area contributed by atoms with Gasteiger partial charge in [-0.3, -0.25) is 15.0 Å². The molecule has 124 valence electrons. The number of hydrogen-bond acceptors (Lipinski definition) is 5. The predicted molar refractivity (Wildman–Crippen MR) is 97.5 cm³/mol. The van der Waals surface area contributed by atoms with Crippen molar-refractivity contribution in [1.29, 1.82) is 0 Å². The Balaban J connectivity index is 1.63. The zero-order valence-corrected chi connectivity index (χ0v) is 14.5. The highest BCUT2D eigenvalue weighted by Crippen LogP contribution is 2.28. The molecule has 5 nitrogen and oxygen atoms in total. The van der Waals surface area contributed by atoms with Crippen LogP contribution in [0.2, 0.25) is 0 Å². The third kappa shape index (κ3) is 3.60. The van der Waals surface area contributed by atoms with Crippen molar-refractivity contribution in [3.8, 4) is 0 Å². The number of fused-ring (bicyclic) bond motifs is 1. The van der Waals surface area contributed by atoms with E-state index in [1.165, 1.54) is 4.70 Å². The maximum atomic E-state index is 10.7. The van der Waals surface area contributed by atoms with Crippen LogP contribution in [0.25, 0.3) is 10.2 Å². The third-order valence-corrected chi connectivity index (χ3v) is 5.44. The van der Waals surface area contributed by atoms with Gasteiger partial charge in [0.1, 0.15) is 5.01 Å². The summed E-state index contributed by atoms with van der Waals surface area (Å²) in [7, 11) is 2.09. The van der Waals surface area contributed by atoms with Crippen LogP contribution < -0.4 is 0 Å². The molecule has 0 fully saturated rings. The van der Waals surface area contributed by atoms with Gasteiger partial charge in [-0.05, 0) is 38.1 Å². The van der Waals surface area contributed by atoms with Crippen LogP contribution in [0.15, 0.2) is 48.5 Å². The van der Waals surface area contributed by atoms with Crippen LogP contribution in [0.3, 0.4) is 0 Å². The fourth-order valence-corrected chi connectivity index (χ4v) is 3.63. The minimum atomic E-state index is -0.370. The highest BCUT2D eigenvalue weighted by molar-refractivity contribution is 7.18. The quantitative estimate of drug-likeness (QED) is 0.491. The molecule has 3 rings (SSSR count). The van der Waals surface area contributed by atoms with Crippen molar-refractivity contribution in [2.24, 2.45) is 0 Å². The van der Waals surface area contributed by atoms with Crippen LogP contribution in [0.1, 0.15) is 23.5 Å². The zero-order chi connectivity index (χ0) is 17.1. The zero-order valence-electron chi connectivity index (χ0n) is 13.7. The topological polar surface area (TPSA) is 59.3 Å². The van der Waals surface area contributed by atoms with Crippen molar-refractivity contribution in [2.45, 2.75) is 19.4 Å². The minimum absolute atomic E-state index is 0.134. The normalized spacial score (nSPS) is 12.6. The molecular weight excluding hydrogens is 322 g/mol. The number of nitro groups is 1. The van der Waals surface area contributed by atoms with Gasteiger partial charge >= 0.3 is 0 Å². The van der Waals surface area contributed by atoms with Gasteiger partial charge in [0.15, 0.2) is 0 Å². The summed E-state index contributed by atoms with van der Waals surface area (Å²) in [6, 6.07) is 15.2. The van der Waals surface area contributed by atoms with Crippen molar-refractivity contribution in [3.63, 3.8) is 0 Å². The Morgan fingerprint density at radius 2 is 1.92 bits per heavy atom. The summed E-state index contributed by atoms with van der Waals surface area (Å²) < 4.78 is 1.21. The summed E-state index contributed by atoms with van der Waals surface area (Å²) in [6.45, 7) is 3.03. The first kappa shape index (κ1) is 16.5. The van der Waals surface area contributed by atoms with E-state index in [2.05, 4.69) is 24.9 Å². The van der Waals surface area contributed by atoms with Gasteiger partial charge in [-0.1, -0.05) is 24.3 Å². The number of para-hydroxylation sites is 1. The lowest BCUT2D eigenvalue weighted by atomic mass is 10.1. The van der Waals surface area contributed by atoms with Crippen molar-refractivity contribution in [2.75, 3.05) is 13.6 Å². The van der Waals surface area contributed by atoms with Crippen molar-refractivity contribution in [3.05, 3.63) is 69.2 Å². The molecule has 0 unspecified atom stereocenters. The molecule has 1 aromatic heterocycles. The average molecular weight is 341 g/mol.